The summed E-state index contributed by atoms with van der Waals surface area (Å²) in [6.45, 7) is 6.72. The number of carbonyl (C=O) groups is 1. The second-order valence-corrected chi connectivity index (χ2v) is 6.60. The van der Waals surface area contributed by atoms with Crippen molar-refractivity contribution in [3.05, 3.63) is 35.4 Å². The molecule has 3 nitrogen and oxygen atoms in total. The van der Waals surface area contributed by atoms with Crippen LogP contribution >= 0.6 is 0 Å². The van der Waals surface area contributed by atoms with Gasteiger partial charge in [-0.1, -0.05) is 6.07 Å². The Morgan fingerprint density at radius 3 is 2.81 bits per heavy atom. The third-order valence-electron chi connectivity index (χ3n) is 5.02. The van der Waals surface area contributed by atoms with Crippen LogP contribution in [0.4, 0.5) is 8.78 Å². The van der Waals surface area contributed by atoms with Crippen LogP contribution in [-0.2, 0) is 11.2 Å². The van der Waals surface area contributed by atoms with Gasteiger partial charge in [0.05, 0.1) is 6.42 Å². The number of hydrogen-bond donors (Lipinski definition) is 1. The quantitative estimate of drug-likeness (QED) is 0.904. The molecule has 2 aliphatic heterocycles. The Morgan fingerprint density at radius 1 is 1.38 bits per heavy atom. The molecule has 2 saturated heterocycles. The van der Waals surface area contributed by atoms with Crippen LogP contribution in [0.25, 0.3) is 0 Å². The molecular formula is C16H20F2N2O. The van der Waals surface area contributed by atoms with E-state index in [1.54, 1.807) is 0 Å². The van der Waals surface area contributed by atoms with Crippen molar-refractivity contribution >= 4 is 5.91 Å². The number of nitrogens with zero attached hydrogens (tertiary/aromatic N) is 1. The van der Waals surface area contributed by atoms with Crippen molar-refractivity contribution in [2.45, 2.75) is 25.8 Å². The van der Waals surface area contributed by atoms with E-state index in [-0.39, 0.29) is 23.4 Å². The Kier molecular flexibility index (Phi) is 3.48. The predicted octanol–water partition coefficient (Wildman–Crippen LogP) is 1.96. The lowest BCUT2D eigenvalue weighted by Gasteiger charge is -2.35. The molecule has 1 aromatic carbocycles. The number of rotatable bonds is 2. The largest absolute Gasteiger partial charge is 0.337 e. The zero-order chi connectivity index (χ0) is 15.2. The van der Waals surface area contributed by atoms with Crippen LogP contribution in [-0.4, -0.2) is 36.0 Å². The fraction of sp³-hybridized carbons (Fsp3) is 0.562. The molecule has 0 bridgehead atoms. The van der Waals surface area contributed by atoms with Crippen molar-refractivity contribution in [2.75, 3.05) is 19.6 Å². The third-order valence-corrected chi connectivity index (χ3v) is 5.02. The minimum absolute atomic E-state index is 0.0115. The number of halogens is 2. The van der Waals surface area contributed by atoms with Crippen LogP contribution < -0.4 is 5.32 Å². The highest BCUT2D eigenvalue weighted by atomic mass is 19.1. The summed E-state index contributed by atoms with van der Waals surface area (Å²) in [4.78, 5) is 14.4. The van der Waals surface area contributed by atoms with Crippen molar-refractivity contribution in [3.63, 3.8) is 0 Å². The molecule has 114 valence electrons. The molecule has 21 heavy (non-hydrogen) atoms. The van der Waals surface area contributed by atoms with Gasteiger partial charge >= 0.3 is 0 Å². The average molecular weight is 294 g/mol. The molecule has 0 spiro atoms. The summed E-state index contributed by atoms with van der Waals surface area (Å²) < 4.78 is 26.6. The summed E-state index contributed by atoms with van der Waals surface area (Å²) in [6.07, 6.45) is -0.0115. The van der Waals surface area contributed by atoms with Crippen molar-refractivity contribution < 1.29 is 13.6 Å². The molecule has 5 heteroatoms. The molecule has 0 radical (unpaired) electrons. The van der Waals surface area contributed by atoms with Gasteiger partial charge in [-0.3, -0.25) is 4.79 Å². The minimum atomic E-state index is -0.651. The Labute approximate surface area is 123 Å². The lowest BCUT2D eigenvalue weighted by atomic mass is 9.85. The maximum Gasteiger partial charge on any atom is 0.227 e. The van der Waals surface area contributed by atoms with Crippen LogP contribution in [0.5, 0.6) is 0 Å². The van der Waals surface area contributed by atoms with Gasteiger partial charge < -0.3 is 10.2 Å². The Balaban J connectivity index is 1.77. The number of amides is 1. The smallest absolute Gasteiger partial charge is 0.227 e. The number of fused-ring (bicyclic) bond motifs is 1. The van der Waals surface area contributed by atoms with Gasteiger partial charge in [-0.15, -0.1) is 0 Å². The first-order valence-corrected chi connectivity index (χ1v) is 7.34. The fourth-order valence-corrected chi connectivity index (χ4v) is 3.77. The van der Waals surface area contributed by atoms with Crippen LogP contribution in [0.3, 0.4) is 0 Å². The molecule has 2 atom stereocenters. The van der Waals surface area contributed by atoms with E-state index in [2.05, 4.69) is 19.2 Å². The van der Waals surface area contributed by atoms with Crippen molar-refractivity contribution in [2.24, 2.45) is 11.8 Å². The average Bonchev–Trinajstić information content (AvgIpc) is 2.95. The Hall–Kier alpha value is -1.49. The SMILES string of the molecule is CC1(C)C2CNCC2CN1C(=O)Cc1ccc(F)cc1F. The van der Waals surface area contributed by atoms with E-state index < -0.39 is 11.6 Å². The van der Waals surface area contributed by atoms with E-state index in [1.807, 2.05) is 4.90 Å². The molecule has 0 aliphatic carbocycles. The highest BCUT2D eigenvalue weighted by Gasteiger charge is 2.51. The molecule has 1 N–H and O–H groups in total. The molecular weight excluding hydrogens is 274 g/mol. The normalized spacial score (nSPS) is 27.0. The first-order valence-electron chi connectivity index (χ1n) is 7.34. The van der Waals surface area contributed by atoms with E-state index in [4.69, 9.17) is 0 Å². The zero-order valence-electron chi connectivity index (χ0n) is 12.3. The molecule has 0 aromatic heterocycles. The summed E-state index contributed by atoms with van der Waals surface area (Å²) in [5.41, 5.74) is 0.0364. The van der Waals surface area contributed by atoms with Gasteiger partial charge in [0.25, 0.3) is 0 Å². The van der Waals surface area contributed by atoms with Crippen molar-refractivity contribution in [3.8, 4) is 0 Å². The molecule has 0 saturated carbocycles. The molecule has 2 heterocycles. The summed E-state index contributed by atoms with van der Waals surface area (Å²) >= 11 is 0. The van der Waals surface area contributed by atoms with E-state index in [9.17, 15) is 13.6 Å². The second-order valence-electron chi connectivity index (χ2n) is 6.60. The van der Waals surface area contributed by atoms with Gasteiger partial charge in [0, 0.05) is 31.2 Å². The second kappa shape index (κ2) is 5.05. The first kappa shape index (κ1) is 14.4. The topological polar surface area (TPSA) is 32.3 Å². The molecule has 1 amide bonds. The Morgan fingerprint density at radius 2 is 2.14 bits per heavy atom. The number of carbonyl (C=O) groups excluding carboxylic acids is 1. The number of likely N-dealkylation sites (tertiary alicyclic amines) is 1. The van der Waals surface area contributed by atoms with E-state index in [1.165, 1.54) is 12.1 Å². The maximum atomic E-state index is 13.7. The highest BCUT2D eigenvalue weighted by Crippen LogP contribution is 2.40. The zero-order valence-corrected chi connectivity index (χ0v) is 12.3. The van der Waals surface area contributed by atoms with Crippen LogP contribution in [0, 0.1) is 23.5 Å². The van der Waals surface area contributed by atoms with Crippen molar-refractivity contribution in [1.29, 1.82) is 0 Å². The van der Waals surface area contributed by atoms with Gasteiger partial charge in [0.15, 0.2) is 0 Å². The van der Waals surface area contributed by atoms with Gasteiger partial charge in [0.2, 0.25) is 5.91 Å². The minimum Gasteiger partial charge on any atom is -0.337 e. The summed E-state index contributed by atoms with van der Waals surface area (Å²) in [5.74, 6) is -0.436. The van der Waals surface area contributed by atoms with Gasteiger partial charge in [0.1, 0.15) is 11.6 Å². The van der Waals surface area contributed by atoms with Gasteiger partial charge in [-0.05, 0) is 37.3 Å². The molecule has 2 aliphatic rings. The van der Waals surface area contributed by atoms with E-state index in [0.29, 0.717) is 18.4 Å². The Bertz CT molecular complexity index is 573. The lowest BCUT2D eigenvalue weighted by Crippen LogP contribution is -2.48. The van der Waals surface area contributed by atoms with Crippen LogP contribution in [0.15, 0.2) is 18.2 Å². The monoisotopic (exact) mass is 294 g/mol. The first-order chi connectivity index (χ1) is 9.89. The van der Waals surface area contributed by atoms with E-state index >= 15 is 0 Å². The number of benzene rings is 1. The lowest BCUT2D eigenvalue weighted by molar-refractivity contribution is -0.134. The number of nitrogens with one attached hydrogen (secondary N) is 1. The standard InChI is InChI=1S/C16H20F2N2O/c1-16(2)13-8-19-7-11(13)9-20(16)15(21)5-10-3-4-12(17)6-14(10)18/h3-4,6,11,13,19H,5,7-9H2,1-2H3. The number of hydrogen-bond acceptors (Lipinski definition) is 2. The van der Waals surface area contributed by atoms with Crippen LogP contribution in [0.2, 0.25) is 0 Å². The van der Waals surface area contributed by atoms with Crippen LogP contribution in [0.1, 0.15) is 19.4 Å². The summed E-state index contributed by atoms with van der Waals surface area (Å²) in [6, 6.07) is 3.38. The summed E-state index contributed by atoms with van der Waals surface area (Å²) in [7, 11) is 0. The maximum absolute atomic E-state index is 13.7. The molecule has 3 rings (SSSR count). The highest BCUT2D eigenvalue weighted by molar-refractivity contribution is 5.80. The van der Waals surface area contributed by atoms with Gasteiger partial charge in [-0.25, -0.2) is 8.78 Å². The van der Waals surface area contributed by atoms with E-state index in [0.717, 1.165) is 19.2 Å². The third kappa shape index (κ3) is 2.44. The summed E-state index contributed by atoms with van der Waals surface area (Å²) in [5, 5.41) is 3.36. The predicted molar refractivity (Wildman–Crippen MR) is 75.7 cm³/mol. The fourth-order valence-electron chi connectivity index (χ4n) is 3.77. The molecule has 1 aromatic rings. The van der Waals surface area contributed by atoms with Gasteiger partial charge in [-0.2, -0.15) is 0 Å². The molecule has 2 fully saturated rings. The van der Waals surface area contributed by atoms with Crippen molar-refractivity contribution in [1.82, 2.24) is 10.2 Å². The molecule has 2 unspecified atom stereocenters.